The average molecular weight is 541 g/mol. The quantitative estimate of drug-likeness (QED) is 0.198. The molecule has 206 valence electrons. The molecule has 6 aromatic rings. The number of para-hydroxylation sites is 1. The van der Waals surface area contributed by atoms with E-state index in [1.54, 1.807) is 0 Å². The maximum absolute atomic E-state index is 6.40. The molecule has 41 heavy (non-hydrogen) atoms. The summed E-state index contributed by atoms with van der Waals surface area (Å²) >= 11 is 0. The normalized spacial score (nSPS) is 13.5. The Morgan fingerprint density at radius 3 is 2.15 bits per heavy atom. The molecule has 0 aliphatic rings. The van der Waals surface area contributed by atoms with Gasteiger partial charge in [0.05, 0.1) is 17.3 Å². The molecule has 0 aliphatic heterocycles. The number of furan rings is 1. The minimum Gasteiger partial charge on any atom is -0.456 e. The van der Waals surface area contributed by atoms with Crippen molar-refractivity contribution in [2.24, 2.45) is 14.1 Å². The molecule has 3 aromatic carbocycles. The van der Waals surface area contributed by atoms with Crippen LogP contribution >= 0.6 is 0 Å². The van der Waals surface area contributed by atoms with Crippen molar-refractivity contribution in [2.45, 2.75) is 51.9 Å². The van der Waals surface area contributed by atoms with Gasteiger partial charge >= 0.3 is 0 Å². The Bertz CT molecular complexity index is 1910. The molecule has 0 N–H and O–H groups in total. The van der Waals surface area contributed by atoms with Gasteiger partial charge in [-0.2, -0.15) is 0 Å². The predicted molar refractivity (Wildman–Crippen MR) is 167 cm³/mol. The Kier molecular flexibility index (Phi) is 6.57. The maximum atomic E-state index is 6.40. The number of benzene rings is 3. The van der Waals surface area contributed by atoms with E-state index >= 15 is 0 Å². The van der Waals surface area contributed by atoms with Gasteiger partial charge in [-0.05, 0) is 75.1 Å². The fraction of sp³-hybridized carbons (Fsp3) is 0.263. The predicted octanol–water partition coefficient (Wildman–Crippen LogP) is 7.73. The zero-order valence-corrected chi connectivity index (χ0v) is 25.3. The summed E-state index contributed by atoms with van der Waals surface area (Å²) in [6, 6.07) is 34.9. The van der Waals surface area contributed by atoms with Crippen molar-refractivity contribution >= 4 is 21.9 Å². The van der Waals surface area contributed by atoms with Gasteiger partial charge in [-0.3, -0.25) is 0 Å². The number of pyridine rings is 2. The molecule has 1 unspecified atom stereocenters. The van der Waals surface area contributed by atoms with Crippen LogP contribution in [0.25, 0.3) is 21.9 Å². The Morgan fingerprint density at radius 2 is 1.37 bits per heavy atom. The van der Waals surface area contributed by atoms with Crippen LogP contribution in [0.5, 0.6) is 0 Å². The molecule has 3 aromatic heterocycles. The van der Waals surface area contributed by atoms with Gasteiger partial charge in [-0.15, -0.1) is 0 Å². The third kappa shape index (κ3) is 4.35. The molecule has 3 heterocycles. The van der Waals surface area contributed by atoms with Crippen LogP contribution < -0.4 is 9.13 Å². The van der Waals surface area contributed by atoms with E-state index in [0.717, 1.165) is 17.6 Å². The van der Waals surface area contributed by atoms with Crippen LogP contribution in [0.3, 0.4) is 0 Å². The standard InChI is InChI=1S/C38H40N2O/c1-26-15-8-10-18-30(26)37(3,4)33-21-14-16-28(40(33)7)25-38(5,34-20-12-13-24-39(34)6)36-27(2)22-23-32-35(36)29-17-9-11-19-31(29)41-32/h8-24H,25H2,1-7H3/q+2. The SMILES string of the molecule is Cc1ccccc1C(C)(C)c1cccc(CC(C)(c2c(C)ccc3oc4ccccc4c23)c2cccc[n+]2C)[n+]1C. The molecular weight excluding hydrogens is 500 g/mol. The Labute approximate surface area is 243 Å². The summed E-state index contributed by atoms with van der Waals surface area (Å²) in [6.45, 7) is 11.5. The Balaban J connectivity index is 1.60. The number of hydrogen-bond donors (Lipinski definition) is 0. The second-order valence-corrected chi connectivity index (χ2v) is 12.3. The van der Waals surface area contributed by atoms with Crippen LogP contribution in [0.1, 0.15) is 60.1 Å². The summed E-state index contributed by atoms with van der Waals surface area (Å²) in [5, 5.41) is 2.39. The molecule has 0 radical (unpaired) electrons. The molecule has 0 amide bonds. The first-order chi connectivity index (χ1) is 19.6. The molecule has 0 aliphatic carbocycles. The molecule has 3 heteroatoms. The molecule has 0 saturated heterocycles. The van der Waals surface area contributed by atoms with Crippen molar-refractivity contribution < 1.29 is 13.6 Å². The highest BCUT2D eigenvalue weighted by molar-refractivity contribution is 6.07. The van der Waals surface area contributed by atoms with E-state index in [0.29, 0.717) is 0 Å². The largest absolute Gasteiger partial charge is 0.456 e. The molecule has 1 atom stereocenters. The van der Waals surface area contributed by atoms with Crippen LogP contribution in [-0.4, -0.2) is 0 Å². The van der Waals surface area contributed by atoms with Gasteiger partial charge in [-0.1, -0.05) is 54.6 Å². The molecule has 0 saturated carbocycles. The lowest BCUT2D eigenvalue weighted by Crippen LogP contribution is -2.49. The fourth-order valence-electron chi connectivity index (χ4n) is 7.24. The number of aromatic nitrogens is 2. The van der Waals surface area contributed by atoms with Gasteiger partial charge < -0.3 is 4.42 Å². The molecule has 3 nitrogen and oxygen atoms in total. The lowest BCUT2D eigenvalue weighted by atomic mass is 9.71. The van der Waals surface area contributed by atoms with Gasteiger partial charge in [-0.25, -0.2) is 9.13 Å². The lowest BCUT2D eigenvalue weighted by molar-refractivity contribution is -0.692. The number of fused-ring (bicyclic) bond motifs is 3. The highest BCUT2D eigenvalue weighted by Crippen LogP contribution is 2.43. The monoisotopic (exact) mass is 540 g/mol. The topological polar surface area (TPSA) is 20.9 Å². The molecule has 0 fully saturated rings. The average Bonchev–Trinajstić information content (AvgIpc) is 3.33. The van der Waals surface area contributed by atoms with E-state index in [9.17, 15) is 0 Å². The van der Waals surface area contributed by atoms with E-state index in [-0.39, 0.29) is 10.8 Å². The molecular formula is C38H40N2O+2. The second kappa shape index (κ2) is 9.99. The summed E-state index contributed by atoms with van der Waals surface area (Å²) in [7, 11) is 4.39. The second-order valence-electron chi connectivity index (χ2n) is 12.3. The maximum Gasteiger partial charge on any atom is 0.192 e. The number of hydrogen-bond acceptors (Lipinski definition) is 1. The van der Waals surface area contributed by atoms with E-state index < -0.39 is 0 Å². The number of rotatable bonds is 6. The van der Waals surface area contributed by atoms with Crippen LogP contribution in [0.2, 0.25) is 0 Å². The summed E-state index contributed by atoms with van der Waals surface area (Å²) in [5.41, 5.74) is 10.5. The summed E-state index contributed by atoms with van der Waals surface area (Å²) < 4.78 is 11.1. The zero-order valence-electron chi connectivity index (χ0n) is 25.3. The van der Waals surface area contributed by atoms with Crippen molar-refractivity contribution in [3.8, 4) is 0 Å². The van der Waals surface area contributed by atoms with Crippen molar-refractivity contribution in [3.63, 3.8) is 0 Å². The first-order valence-corrected chi connectivity index (χ1v) is 14.5. The van der Waals surface area contributed by atoms with Gasteiger partial charge in [0.15, 0.2) is 23.3 Å². The Morgan fingerprint density at radius 1 is 0.659 bits per heavy atom. The van der Waals surface area contributed by atoms with Crippen molar-refractivity contribution in [1.82, 2.24) is 0 Å². The molecule has 0 spiro atoms. The van der Waals surface area contributed by atoms with Crippen LogP contribution in [0.15, 0.2) is 108 Å². The van der Waals surface area contributed by atoms with Gasteiger partial charge in [0.2, 0.25) is 0 Å². The van der Waals surface area contributed by atoms with Gasteiger partial charge in [0.25, 0.3) is 0 Å². The van der Waals surface area contributed by atoms with Gasteiger partial charge in [0.1, 0.15) is 25.3 Å². The Hall–Kier alpha value is -4.24. The fourth-order valence-corrected chi connectivity index (χ4v) is 7.24. The summed E-state index contributed by atoms with van der Waals surface area (Å²) in [6.07, 6.45) is 2.99. The van der Waals surface area contributed by atoms with E-state index in [2.05, 4.69) is 161 Å². The van der Waals surface area contributed by atoms with E-state index in [1.807, 2.05) is 0 Å². The van der Waals surface area contributed by atoms with Crippen LogP contribution in [-0.2, 0) is 31.3 Å². The smallest absolute Gasteiger partial charge is 0.192 e. The number of nitrogens with zero attached hydrogens (tertiary/aromatic N) is 2. The highest BCUT2D eigenvalue weighted by Gasteiger charge is 2.43. The lowest BCUT2D eigenvalue weighted by Gasteiger charge is -2.30. The van der Waals surface area contributed by atoms with Crippen molar-refractivity contribution in [1.29, 1.82) is 0 Å². The zero-order chi connectivity index (χ0) is 28.9. The first kappa shape index (κ1) is 27.0. The van der Waals surface area contributed by atoms with E-state index in [1.165, 1.54) is 50.1 Å². The third-order valence-electron chi connectivity index (χ3n) is 9.25. The molecule has 6 rings (SSSR count). The summed E-state index contributed by atoms with van der Waals surface area (Å²) in [4.78, 5) is 0. The third-order valence-corrected chi connectivity index (χ3v) is 9.25. The minimum atomic E-state index is -0.338. The van der Waals surface area contributed by atoms with Gasteiger partial charge in [0, 0.05) is 35.0 Å². The van der Waals surface area contributed by atoms with Crippen molar-refractivity contribution in [3.05, 3.63) is 143 Å². The van der Waals surface area contributed by atoms with Crippen LogP contribution in [0, 0.1) is 13.8 Å². The van der Waals surface area contributed by atoms with Crippen LogP contribution in [0.4, 0.5) is 0 Å². The summed E-state index contributed by atoms with van der Waals surface area (Å²) in [5.74, 6) is 0. The highest BCUT2D eigenvalue weighted by atomic mass is 16.3. The first-order valence-electron chi connectivity index (χ1n) is 14.5. The number of aryl methyl sites for hydroxylation is 3. The van der Waals surface area contributed by atoms with E-state index in [4.69, 9.17) is 4.42 Å². The molecule has 0 bridgehead atoms. The van der Waals surface area contributed by atoms with Crippen molar-refractivity contribution in [2.75, 3.05) is 0 Å². The minimum absolute atomic E-state index is 0.152.